The fourth-order valence-corrected chi connectivity index (χ4v) is 6.74. The van der Waals surface area contributed by atoms with E-state index in [2.05, 4.69) is 49.4 Å². The van der Waals surface area contributed by atoms with Crippen molar-refractivity contribution < 1.29 is 48.7 Å². The predicted molar refractivity (Wildman–Crippen MR) is 220 cm³/mol. The smallest absolute Gasteiger partial charge is 0.281 e. The van der Waals surface area contributed by atoms with Crippen LogP contribution in [0.25, 0.3) is 0 Å². The molecular formula is C36H60N8NaO4S4+. The second-order valence-electron chi connectivity index (χ2n) is 16.3. The molecule has 0 unspecified atom stereocenters. The van der Waals surface area contributed by atoms with Crippen LogP contribution >= 0.6 is 48.9 Å². The maximum atomic E-state index is 12.7. The van der Waals surface area contributed by atoms with Crippen LogP contribution in [0.3, 0.4) is 0 Å². The quantitative estimate of drug-likeness (QED) is 0.0998. The number of carbonyl (C=O) groups excluding carboxylic acids is 4. The van der Waals surface area contributed by atoms with E-state index < -0.39 is 11.8 Å². The summed E-state index contributed by atoms with van der Waals surface area (Å²) in [5, 5.41) is 6.33. The zero-order chi connectivity index (χ0) is 39.4. The second-order valence-corrected chi connectivity index (χ2v) is 17.8. The molecule has 17 heteroatoms. The van der Waals surface area contributed by atoms with Crippen LogP contribution in [0.1, 0.15) is 119 Å². The Labute approximate surface area is 360 Å². The first kappa shape index (κ1) is 47.6. The van der Waals surface area contributed by atoms with Crippen LogP contribution in [-0.2, 0) is 19.2 Å². The first-order chi connectivity index (χ1) is 24.1. The topological polar surface area (TPSA) is 129 Å². The first-order valence-electron chi connectivity index (χ1n) is 18.4. The first-order valence-corrected chi connectivity index (χ1v) is 20.1. The molecule has 4 aliphatic carbocycles. The van der Waals surface area contributed by atoms with E-state index in [1.165, 1.54) is 0 Å². The van der Waals surface area contributed by atoms with Gasteiger partial charge in [0.2, 0.25) is 0 Å². The number of nitrogens with one attached hydrogen (secondary N) is 4. The van der Waals surface area contributed by atoms with Crippen LogP contribution in [0.2, 0.25) is 0 Å². The maximum absolute atomic E-state index is 12.7. The molecule has 0 aromatic rings. The predicted octanol–water partition coefficient (Wildman–Crippen LogP) is 2.17. The van der Waals surface area contributed by atoms with E-state index in [1.807, 2.05) is 13.8 Å². The van der Waals surface area contributed by atoms with Crippen molar-refractivity contribution in [3.05, 3.63) is 0 Å². The minimum atomic E-state index is -0.783. The van der Waals surface area contributed by atoms with E-state index in [9.17, 15) is 19.2 Å². The van der Waals surface area contributed by atoms with Crippen LogP contribution in [0.4, 0.5) is 0 Å². The van der Waals surface area contributed by atoms with Crippen LogP contribution in [0.15, 0.2) is 0 Å². The van der Waals surface area contributed by atoms with Gasteiger partial charge in [-0.3, -0.25) is 60.9 Å². The molecule has 12 nitrogen and oxygen atoms in total. The molecule has 0 aromatic carbocycles. The molecule has 4 amide bonds. The van der Waals surface area contributed by atoms with Gasteiger partial charge in [-0.15, -0.1) is 0 Å². The van der Waals surface area contributed by atoms with Gasteiger partial charge in [-0.1, -0.05) is 103 Å². The van der Waals surface area contributed by atoms with E-state index in [-0.39, 0.29) is 74.8 Å². The van der Waals surface area contributed by atoms with E-state index in [0.29, 0.717) is 32.8 Å². The summed E-state index contributed by atoms with van der Waals surface area (Å²) >= 11 is 21.8. The SMILES string of the molecule is CCCC(C(=O)NN(C)C(=S)C1(C)CC1)C(=O)NN(C)C(=S)C1(C)CC1.CCCC(C(=O)NN(C)C(=S)C1(C)CC1)C(=O)NN(C)C(=S)C1(C)CC1.[Na+]. The summed E-state index contributed by atoms with van der Waals surface area (Å²) in [6.45, 7) is 12.2. The van der Waals surface area contributed by atoms with Crippen molar-refractivity contribution in [2.75, 3.05) is 28.2 Å². The van der Waals surface area contributed by atoms with E-state index in [4.69, 9.17) is 48.9 Å². The summed E-state index contributed by atoms with van der Waals surface area (Å²) < 4.78 is 0. The number of rotatable bonds is 12. The van der Waals surface area contributed by atoms with Gasteiger partial charge in [0.05, 0.1) is 0 Å². The molecule has 53 heavy (non-hydrogen) atoms. The summed E-state index contributed by atoms with van der Waals surface area (Å²) in [5.74, 6) is -2.92. The van der Waals surface area contributed by atoms with Gasteiger partial charge in [0.1, 0.15) is 31.8 Å². The Bertz CT molecular complexity index is 1240. The number of carbonyl (C=O) groups is 4. The van der Waals surface area contributed by atoms with Gasteiger partial charge in [-0.25, -0.2) is 0 Å². The molecule has 4 fully saturated rings. The number of hydrazine groups is 4. The van der Waals surface area contributed by atoms with Gasteiger partial charge < -0.3 is 0 Å². The summed E-state index contributed by atoms with van der Waals surface area (Å²) in [7, 11) is 6.94. The zero-order valence-electron chi connectivity index (χ0n) is 33.7. The van der Waals surface area contributed by atoms with E-state index >= 15 is 0 Å². The van der Waals surface area contributed by atoms with Crippen LogP contribution < -0.4 is 51.3 Å². The Morgan fingerprint density at radius 2 is 0.642 bits per heavy atom. The molecule has 4 aliphatic rings. The molecule has 0 aliphatic heterocycles. The Kier molecular flexibility index (Phi) is 17.1. The van der Waals surface area contributed by atoms with Gasteiger partial charge >= 0.3 is 29.6 Å². The third kappa shape index (κ3) is 12.7. The largest absolute Gasteiger partial charge is 1.00 e. The number of nitrogens with zero attached hydrogens (tertiary/aromatic N) is 4. The molecule has 0 spiro atoms. The monoisotopic (exact) mass is 819 g/mol. The number of hydrogen-bond acceptors (Lipinski definition) is 8. The molecule has 4 saturated carbocycles. The Morgan fingerprint density at radius 3 is 0.774 bits per heavy atom. The van der Waals surface area contributed by atoms with Gasteiger partial charge in [0, 0.05) is 49.9 Å². The summed E-state index contributed by atoms with van der Waals surface area (Å²) in [6, 6.07) is 0. The molecule has 0 heterocycles. The number of hydrogen-bond donors (Lipinski definition) is 4. The van der Waals surface area contributed by atoms with Crippen molar-refractivity contribution in [2.45, 2.75) is 119 Å². The van der Waals surface area contributed by atoms with Crippen LogP contribution in [0.5, 0.6) is 0 Å². The van der Waals surface area contributed by atoms with E-state index in [0.717, 1.165) is 64.2 Å². The van der Waals surface area contributed by atoms with Crippen molar-refractivity contribution in [1.29, 1.82) is 0 Å². The molecule has 4 rings (SSSR count). The third-order valence-corrected chi connectivity index (χ3v) is 13.9. The van der Waals surface area contributed by atoms with Gasteiger partial charge in [-0.2, -0.15) is 0 Å². The third-order valence-electron chi connectivity index (χ3n) is 10.8. The van der Waals surface area contributed by atoms with Gasteiger partial charge in [0.25, 0.3) is 23.6 Å². The molecule has 0 atom stereocenters. The average molecular weight is 820 g/mol. The number of thiocarbonyl (C=S) groups is 4. The fourth-order valence-electron chi connectivity index (χ4n) is 5.74. The van der Waals surface area contributed by atoms with Crippen molar-refractivity contribution >= 4 is 92.5 Å². The molecule has 292 valence electrons. The standard InChI is InChI=1S/2C18H30N4O2S2.Na/c2*1-6-7-12(13(23)19-21(4)15(25)17(2)8-9-17)14(24)20-22(5)16(26)18(3)10-11-18;/h2*12H,6-11H2,1-5H3,(H,19,23)(H,20,24);/q;;+1. The molecule has 0 saturated heterocycles. The summed E-state index contributed by atoms with van der Waals surface area (Å²) in [6.07, 6.45) is 10.7. The van der Waals surface area contributed by atoms with Crippen LogP contribution in [-0.4, -0.2) is 91.8 Å². The minimum Gasteiger partial charge on any atom is -0.281 e. The summed E-state index contributed by atoms with van der Waals surface area (Å²) in [5.41, 5.74) is 11.1. The zero-order valence-corrected chi connectivity index (χ0v) is 39.0. The van der Waals surface area contributed by atoms with Crippen molar-refractivity contribution in [1.82, 2.24) is 41.7 Å². The number of amides is 4. The normalized spacial score (nSPS) is 18.3. The molecule has 0 aromatic heterocycles. The maximum Gasteiger partial charge on any atom is 1.00 e. The van der Waals surface area contributed by atoms with Crippen molar-refractivity contribution in [2.24, 2.45) is 33.5 Å². The average Bonchev–Trinajstić information content (AvgIpc) is 3.89. The molecular weight excluding hydrogens is 760 g/mol. The summed E-state index contributed by atoms with van der Waals surface area (Å²) in [4.78, 5) is 53.5. The minimum absolute atomic E-state index is 0. The van der Waals surface area contributed by atoms with Gasteiger partial charge in [-0.05, 0) is 64.2 Å². The van der Waals surface area contributed by atoms with Crippen molar-refractivity contribution in [3.8, 4) is 0 Å². The Balaban J connectivity index is 0.000000360. The molecule has 0 bridgehead atoms. The second kappa shape index (κ2) is 19.1. The van der Waals surface area contributed by atoms with Crippen molar-refractivity contribution in [3.63, 3.8) is 0 Å². The van der Waals surface area contributed by atoms with Gasteiger partial charge in [0.15, 0.2) is 0 Å². The fraction of sp³-hybridized carbons (Fsp3) is 0.778. The van der Waals surface area contributed by atoms with Crippen LogP contribution in [0, 0.1) is 33.5 Å². The molecule has 4 N–H and O–H groups in total. The Hall–Kier alpha value is -1.56. The van der Waals surface area contributed by atoms with E-state index in [1.54, 1.807) is 48.2 Å². The molecule has 0 radical (unpaired) electrons. The Morgan fingerprint density at radius 1 is 0.472 bits per heavy atom.